The van der Waals surface area contributed by atoms with E-state index in [-0.39, 0.29) is 0 Å². The second-order valence-electron chi connectivity index (χ2n) is 4.39. The smallest absolute Gasteiger partial charge is 0.0535 e. The van der Waals surface area contributed by atoms with Crippen molar-refractivity contribution in [2.24, 2.45) is 0 Å². The number of aromatic amines is 1. The molecule has 1 aromatic rings. The summed E-state index contributed by atoms with van der Waals surface area (Å²) in [7, 11) is 0. The number of rotatable bonds is 6. The van der Waals surface area contributed by atoms with Gasteiger partial charge in [-0.25, -0.2) is 0 Å². The van der Waals surface area contributed by atoms with Crippen molar-refractivity contribution in [2.45, 2.75) is 44.7 Å². The third kappa shape index (κ3) is 2.69. The van der Waals surface area contributed by atoms with E-state index < -0.39 is 0 Å². The molecule has 1 atom stereocenters. The van der Waals surface area contributed by atoms with E-state index in [1.54, 1.807) is 0 Å². The van der Waals surface area contributed by atoms with Crippen LogP contribution in [0.5, 0.6) is 0 Å². The number of nitrogens with one attached hydrogen (secondary N) is 2. The lowest BCUT2D eigenvalue weighted by Gasteiger charge is -2.09. The van der Waals surface area contributed by atoms with Crippen molar-refractivity contribution < 1.29 is 0 Å². The van der Waals surface area contributed by atoms with Crippen molar-refractivity contribution >= 4 is 0 Å². The Hall–Kier alpha value is -1.09. The van der Waals surface area contributed by atoms with Gasteiger partial charge in [0.25, 0.3) is 0 Å². The molecule has 1 saturated carbocycles. The molecular formula is C12H19N3. The fraction of sp³-hybridized carbons (Fsp3) is 0.583. The molecule has 0 amide bonds. The van der Waals surface area contributed by atoms with Gasteiger partial charge in [-0.3, -0.25) is 5.10 Å². The lowest BCUT2D eigenvalue weighted by atomic mass is 10.0. The summed E-state index contributed by atoms with van der Waals surface area (Å²) in [6, 6.07) is 0.752. The molecule has 0 bridgehead atoms. The molecule has 82 valence electrons. The van der Waals surface area contributed by atoms with Crippen LogP contribution < -0.4 is 5.32 Å². The first-order valence-corrected chi connectivity index (χ1v) is 5.67. The maximum absolute atomic E-state index is 4.12. The summed E-state index contributed by atoms with van der Waals surface area (Å²) in [5.41, 5.74) is 2.55. The van der Waals surface area contributed by atoms with Crippen LogP contribution >= 0.6 is 0 Å². The molecule has 1 aromatic heterocycles. The summed E-state index contributed by atoms with van der Waals surface area (Å²) in [6.45, 7) is 6.92. The predicted octanol–water partition coefficient (Wildman–Crippen LogP) is 2.34. The van der Waals surface area contributed by atoms with Crippen LogP contribution in [0.25, 0.3) is 0 Å². The van der Waals surface area contributed by atoms with E-state index in [9.17, 15) is 0 Å². The Morgan fingerprint density at radius 3 is 3.20 bits per heavy atom. The topological polar surface area (TPSA) is 40.7 Å². The molecule has 1 fully saturated rings. The number of H-pyrrole nitrogens is 1. The minimum Gasteiger partial charge on any atom is -0.310 e. The molecule has 0 aromatic carbocycles. The van der Waals surface area contributed by atoms with Gasteiger partial charge >= 0.3 is 0 Å². The van der Waals surface area contributed by atoms with E-state index in [1.807, 2.05) is 12.3 Å². The Kier molecular flexibility index (Phi) is 3.21. The van der Waals surface area contributed by atoms with Gasteiger partial charge in [-0.1, -0.05) is 13.0 Å². The molecular weight excluding hydrogens is 186 g/mol. The zero-order chi connectivity index (χ0) is 10.7. The highest BCUT2D eigenvalue weighted by Crippen LogP contribution is 2.23. The number of hydrogen-bond acceptors (Lipinski definition) is 2. The van der Waals surface area contributed by atoms with E-state index in [2.05, 4.69) is 29.0 Å². The van der Waals surface area contributed by atoms with Gasteiger partial charge in [-0.05, 0) is 19.3 Å². The van der Waals surface area contributed by atoms with E-state index in [0.717, 1.165) is 19.0 Å². The number of aromatic nitrogens is 2. The van der Waals surface area contributed by atoms with E-state index in [0.29, 0.717) is 5.92 Å². The summed E-state index contributed by atoms with van der Waals surface area (Å²) in [4.78, 5) is 0. The van der Waals surface area contributed by atoms with Crippen LogP contribution in [0.4, 0.5) is 0 Å². The second kappa shape index (κ2) is 4.62. The van der Waals surface area contributed by atoms with E-state index in [4.69, 9.17) is 0 Å². The normalized spacial score (nSPS) is 17.7. The van der Waals surface area contributed by atoms with Crippen molar-refractivity contribution in [1.82, 2.24) is 15.5 Å². The zero-order valence-corrected chi connectivity index (χ0v) is 9.29. The average molecular weight is 205 g/mol. The molecule has 1 unspecified atom stereocenters. The van der Waals surface area contributed by atoms with Crippen LogP contribution in [0.1, 0.15) is 43.4 Å². The molecule has 1 heterocycles. The molecule has 15 heavy (non-hydrogen) atoms. The van der Waals surface area contributed by atoms with E-state index in [1.165, 1.54) is 24.1 Å². The highest BCUT2D eigenvalue weighted by molar-refractivity contribution is 5.20. The van der Waals surface area contributed by atoms with Crippen molar-refractivity contribution in [3.63, 3.8) is 0 Å². The zero-order valence-electron chi connectivity index (χ0n) is 9.29. The summed E-state index contributed by atoms with van der Waals surface area (Å²) in [5.74, 6) is 0.487. The van der Waals surface area contributed by atoms with Gasteiger partial charge in [0.15, 0.2) is 0 Å². The maximum Gasteiger partial charge on any atom is 0.0535 e. The quantitative estimate of drug-likeness (QED) is 0.700. The minimum atomic E-state index is 0.487. The average Bonchev–Trinajstić information content (AvgIpc) is 2.93. The predicted molar refractivity (Wildman–Crippen MR) is 61.7 cm³/mol. The fourth-order valence-corrected chi connectivity index (χ4v) is 1.80. The summed E-state index contributed by atoms with van der Waals surface area (Å²) < 4.78 is 0. The molecule has 0 saturated heterocycles. The molecule has 0 radical (unpaired) electrons. The lowest BCUT2D eigenvalue weighted by Crippen LogP contribution is -2.16. The van der Waals surface area contributed by atoms with Crippen LogP contribution in [0, 0.1) is 0 Å². The van der Waals surface area contributed by atoms with Gasteiger partial charge in [0.05, 0.1) is 6.20 Å². The SMILES string of the molecule is C=CCC(C)c1[nH]ncc1CNC1CC1. The van der Waals surface area contributed by atoms with Gasteiger partial charge < -0.3 is 5.32 Å². The minimum absolute atomic E-state index is 0.487. The molecule has 1 aliphatic rings. The highest BCUT2D eigenvalue weighted by Gasteiger charge is 2.21. The Balaban J connectivity index is 1.96. The van der Waals surface area contributed by atoms with Crippen LogP contribution in [0.2, 0.25) is 0 Å². The second-order valence-corrected chi connectivity index (χ2v) is 4.39. The van der Waals surface area contributed by atoms with Crippen molar-refractivity contribution in [3.8, 4) is 0 Å². The molecule has 1 aliphatic carbocycles. The maximum atomic E-state index is 4.12. The first-order chi connectivity index (χ1) is 7.31. The van der Waals surface area contributed by atoms with Gasteiger partial charge in [0, 0.05) is 29.8 Å². The van der Waals surface area contributed by atoms with Crippen molar-refractivity contribution in [1.29, 1.82) is 0 Å². The summed E-state index contributed by atoms with van der Waals surface area (Å²) in [5, 5.41) is 10.7. The van der Waals surface area contributed by atoms with Gasteiger partial charge in [-0.2, -0.15) is 5.10 Å². The highest BCUT2D eigenvalue weighted by atomic mass is 15.1. The van der Waals surface area contributed by atoms with Crippen molar-refractivity contribution in [2.75, 3.05) is 0 Å². The Bertz CT molecular complexity index is 325. The third-order valence-corrected chi connectivity index (χ3v) is 2.92. The van der Waals surface area contributed by atoms with Crippen LogP contribution in [0.15, 0.2) is 18.9 Å². The molecule has 0 aliphatic heterocycles. The first-order valence-electron chi connectivity index (χ1n) is 5.67. The monoisotopic (exact) mass is 205 g/mol. The van der Waals surface area contributed by atoms with E-state index >= 15 is 0 Å². The van der Waals surface area contributed by atoms with Crippen LogP contribution in [0.3, 0.4) is 0 Å². The largest absolute Gasteiger partial charge is 0.310 e. The molecule has 2 rings (SSSR count). The first kappa shape index (κ1) is 10.4. The molecule has 3 nitrogen and oxygen atoms in total. The summed E-state index contributed by atoms with van der Waals surface area (Å²) >= 11 is 0. The Morgan fingerprint density at radius 2 is 2.53 bits per heavy atom. The number of allylic oxidation sites excluding steroid dienone is 1. The van der Waals surface area contributed by atoms with Gasteiger partial charge in [0.1, 0.15) is 0 Å². The lowest BCUT2D eigenvalue weighted by molar-refractivity contribution is 0.666. The van der Waals surface area contributed by atoms with Gasteiger partial charge in [0.2, 0.25) is 0 Å². The fourth-order valence-electron chi connectivity index (χ4n) is 1.80. The van der Waals surface area contributed by atoms with Crippen LogP contribution in [-0.4, -0.2) is 16.2 Å². The number of hydrogen-bond donors (Lipinski definition) is 2. The standard InChI is InChI=1S/C12H19N3/c1-3-4-9(2)12-10(8-14-15-12)7-13-11-5-6-11/h3,8-9,11,13H,1,4-7H2,2H3,(H,14,15). The molecule has 3 heteroatoms. The molecule has 2 N–H and O–H groups in total. The van der Waals surface area contributed by atoms with Crippen molar-refractivity contribution in [3.05, 3.63) is 30.1 Å². The number of nitrogens with zero attached hydrogens (tertiary/aromatic N) is 1. The Morgan fingerprint density at radius 1 is 1.73 bits per heavy atom. The van der Waals surface area contributed by atoms with Crippen LogP contribution in [-0.2, 0) is 6.54 Å². The molecule has 0 spiro atoms. The Labute approximate surface area is 91.0 Å². The van der Waals surface area contributed by atoms with Gasteiger partial charge in [-0.15, -0.1) is 6.58 Å². The third-order valence-electron chi connectivity index (χ3n) is 2.92. The summed E-state index contributed by atoms with van der Waals surface area (Å²) in [6.07, 6.45) is 7.55.